The van der Waals surface area contributed by atoms with Crippen LogP contribution in [0.25, 0.3) is 0 Å². The number of carbonyl (C=O) groups excluding carboxylic acids is 1. The molecule has 23 heavy (non-hydrogen) atoms. The van der Waals surface area contributed by atoms with Crippen molar-refractivity contribution in [3.8, 4) is 6.07 Å². The van der Waals surface area contributed by atoms with Crippen LogP contribution in [0, 0.1) is 23.1 Å². The molecule has 1 amide bonds. The first kappa shape index (κ1) is 17.4. The maximum Gasteiger partial charge on any atom is 0.235 e. The lowest BCUT2D eigenvalue weighted by atomic mass is 9.98. The van der Waals surface area contributed by atoms with Gasteiger partial charge in [-0.05, 0) is 56.8 Å². The Labute approximate surface area is 137 Å². The zero-order valence-electron chi connectivity index (χ0n) is 14.0. The Morgan fingerprint density at radius 1 is 1.48 bits per heavy atom. The normalized spacial score (nSPS) is 18.1. The average molecular weight is 317 g/mol. The number of rotatable bonds is 7. The zero-order chi connectivity index (χ0) is 17.0. The van der Waals surface area contributed by atoms with Crippen molar-refractivity contribution in [2.75, 3.05) is 13.1 Å². The molecule has 0 aromatic heterocycles. The van der Waals surface area contributed by atoms with Gasteiger partial charge in [-0.2, -0.15) is 5.26 Å². The van der Waals surface area contributed by atoms with Gasteiger partial charge in [0.15, 0.2) is 0 Å². The topological polar surface area (TPSA) is 56.1 Å². The van der Waals surface area contributed by atoms with Gasteiger partial charge in [-0.15, -0.1) is 0 Å². The third-order valence-corrected chi connectivity index (χ3v) is 4.68. The van der Waals surface area contributed by atoms with E-state index in [-0.39, 0.29) is 30.2 Å². The van der Waals surface area contributed by atoms with Crippen LogP contribution >= 0.6 is 0 Å². The standard InChI is InChI=1S/C18H24FN3O/c1-4-22(13(2)14-5-9-16(19)10-6-14)11-17(23)21-18(3,12-20)15-7-8-15/h5-6,9-10,13,15H,4,7-8,11H2,1-3H3,(H,21,23)/t13-,18+/m0/s1. The molecule has 0 radical (unpaired) electrons. The average Bonchev–Trinajstić information content (AvgIpc) is 3.38. The predicted molar refractivity (Wildman–Crippen MR) is 86.9 cm³/mol. The molecule has 1 aliphatic carbocycles. The summed E-state index contributed by atoms with van der Waals surface area (Å²) in [7, 11) is 0. The van der Waals surface area contributed by atoms with Gasteiger partial charge in [0.1, 0.15) is 11.4 Å². The Hall–Kier alpha value is -1.93. The van der Waals surface area contributed by atoms with Crippen molar-refractivity contribution < 1.29 is 9.18 Å². The third-order valence-electron chi connectivity index (χ3n) is 4.68. The highest BCUT2D eigenvalue weighted by atomic mass is 19.1. The van der Waals surface area contributed by atoms with E-state index in [1.165, 1.54) is 12.1 Å². The molecule has 0 heterocycles. The van der Waals surface area contributed by atoms with Crippen LogP contribution in [0.3, 0.4) is 0 Å². The van der Waals surface area contributed by atoms with E-state index < -0.39 is 5.54 Å². The van der Waals surface area contributed by atoms with Crippen LogP contribution in [0.4, 0.5) is 4.39 Å². The van der Waals surface area contributed by atoms with Gasteiger partial charge in [0, 0.05) is 6.04 Å². The molecule has 1 aromatic rings. The monoisotopic (exact) mass is 317 g/mol. The molecule has 0 saturated heterocycles. The van der Waals surface area contributed by atoms with E-state index in [0.717, 1.165) is 18.4 Å². The summed E-state index contributed by atoms with van der Waals surface area (Å²) in [6.07, 6.45) is 1.99. The number of nitriles is 1. The smallest absolute Gasteiger partial charge is 0.235 e. The van der Waals surface area contributed by atoms with E-state index in [1.54, 1.807) is 19.1 Å². The van der Waals surface area contributed by atoms with E-state index >= 15 is 0 Å². The molecule has 1 aromatic carbocycles. The lowest BCUT2D eigenvalue weighted by Gasteiger charge is -2.30. The molecule has 2 rings (SSSR count). The van der Waals surface area contributed by atoms with Gasteiger partial charge in [0.25, 0.3) is 0 Å². The SMILES string of the molecule is CCN(CC(=O)N[C@](C)(C#N)C1CC1)[C@@H](C)c1ccc(F)cc1. The molecular formula is C18H24FN3O. The first-order valence-electron chi connectivity index (χ1n) is 8.11. The second kappa shape index (κ2) is 7.10. The third kappa shape index (κ3) is 4.29. The van der Waals surface area contributed by atoms with E-state index in [0.29, 0.717) is 6.54 Å². The van der Waals surface area contributed by atoms with Gasteiger partial charge >= 0.3 is 0 Å². The summed E-state index contributed by atoms with van der Waals surface area (Å²) in [5.74, 6) is -0.145. The minimum atomic E-state index is -0.768. The number of carbonyl (C=O) groups is 1. The van der Waals surface area contributed by atoms with Crippen LogP contribution in [-0.2, 0) is 4.79 Å². The molecule has 5 heteroatoms. The van der Waals surface area contributed by atoms with Crippen LogP contribution in [0.5, 0.6) is 0 Å². The summed E-state index contributed by atoms with van der Waals surface area (Å²) in [5, 5.41) is 12.2. The molecule has 4 nitrogen and oxygen atoms in total. The van der Waals surface area contributed by atoms with Gasteiger partial charge in [0.2, 0.25) is 5.91 Å². The van der Waals surface area contributed by atoms with Gasteiger partial charge in [-0.3, -0.25) is 9.69 Å². The van der Waals surface area contributed by atoms with Crippen molar-refractivity contribution in [1.82, 2.24) is 10.2 Å². The second-order valence-corrected chi connectivity index (χ2v) is 6.43. The predicted octanol–water partition coefficient (Wildman–Crippen LogP) is 3.02. The number of hydrogen-bond donors (Lipinski definition) is 1. The van der Waals surface area contributed by atoms with Gasteiger partial charge in [-0.25, -0.2) is 4.39 Å². The number of benzene rings is 1. The summed E-state index contributed by atoms with van der Waals surface area (Å²) in [6.45, 7) is 6.69. The Kier molecular flexibility index (Phi) is 5.38. The van der Waals surface area contributed by atoms with Crippen molar-refractivity contribution >= 4 is 5.91 Å². The highest BCUT2D eigenvalue weighted by molar-refractivity contribution is 5.79. The van der Waals surface area contributed by atoms with Crippen LogP contribution in [0.2, 0.25) is 0 Å². The van der Waals surface area contributed by atoms with E-state index in [9.17, 15) is 14.4 Å². The minimum Gasteiger partial charge on any atom is -0.337 e. The molecule has 0 unspecified atom stereocenters. The number of halogens is 1. The quantitative estimate of drug-likeness (QED) is 0.841. The van der Waals surface area contributed by atoms with Crippen LogP contribution in [-0.4, -0.2) is 29.4 Å². The summed E-state index contributed by atoms with van der Waals surface area (Å²) in [4.78, 5) is 14.4. The Morgan fingerprint density at radius 2 is 2.09 bits per heavy atom. The summed E-state index contributed by atoms with van der Waals surface area (Å²) >= 11 is 0. The maximum absolute atomic E-state index is 13.0. The minimum absolute atomic E-state index is 0.000571. The summed E-state index contributed by atoms with van der Waals surface area (Å²) in [6, 6.07) is 8.58. The molecule has 1 N–H and O–H groups in total. The van der Waals surface area contributed by atoms with Crippen molar-refractivity contribution in [3.63, 3.8) is 0 Å². The second-order valence-electron chi connectivity index (χ2n) is 6.43. The van der Waals surface area contributed by atoms with E-state index in [2.05, 4.69) is 11.4 Å². The first-order valence-corrected chi connectivity index (χ1v) is 8.11. The van der Waals surface area contributed by atoms with Crippen molar-refractivity contribution in [3.05, 3.63) is 35.6 Å². The molecule has 1 saturated carbocycles. The fourth-order valence-electron chi connectivity index (χ4n) is 2.87. The lowest BCUT2D eigenvalue weighted by Crippen LogP contribution is -2.50. The first-order chi connectivity index (χ1) is 10.9. The highest BCUT2D eigenvalue weighted by Crippen LogP contribution is 2.39. The van der Waals surface area contributed by atoms with Crippen LogP contribution in [0.15, 0.2) is 24.3 Å². The molecule has 1 fully saturated rings. The molecule has 0 bridgehead atoms. The molecule has 0 spiro atoms. The van der Waals surface area contributed by atoms with E-state index in [4.69, 9.17) is 0 Å². The Morgan fingerprint density at radius 3 is 2.57 bits per heavy atom. The zero-order valence-corrected chi connectivity index (χ0v) is 14.0. The maximum atomic E-state index is 13.0. The van der Waals surface area contributed by atoms with Gasteiger partial charge in [0.05, 0.1) is 12.6 Å². The number of amides is 1. The fourth-order valence-corrected chi connectivity index (χ4v) is 2.87. The lowest BCUT2D eigenvalue weighted by molar-refractivity contribution is -0.124. The van der Waals surface area contributed by atoms with Crippen molar-refractivity contribution in [2.24, 2.45) is 5.92 Å². The molecule has 1 aliphatic rings. The number of nitrogens with zero attached hydrogens (tertiary/aromatic N) is 2. The molecule has 0 aliphatic heterocycles. The summed E-state index contributed by atoms with van der Waals surface area (Å²) in [5.41, 5.74) is 0.196. The molecule has 2 atom stereocenters. The van der Waals surface area contributed by atoms with Gasteiger partial charge < -0.3 is 5.32 Å². The Bertz CT molecular complexity index is 591. The molecular weight excluding hydrogens is 293 g/mol. The Balaban J connectivity index is 1.99. The van der Waals surface area contributed by atoms with Crippen molar-refractivity contribution in [1.29, 1.82) is 5.26 Å². The highest BCUT2D eigenvalue weighted by Gasteiger charge is 2.43. The number of hydrogen-bond acceptors (Lipinski definition) is 3. The largest absolute Gasteiger partial charge is 0.337 e. The molecule has 124 valence electrons. The van der Waals surface area contributed by atoms with Crippen molar-refractivity contribution in [2.45, 2.75) is 45.2 Å². The van der Waals surface area contributed by atoms with Crippen LogP contribution in [0.1, 0.15) is 45.2 Å². The fraction of sp³-hybridized carbons (Fsp3) is 0.556. The summed E-state index contributed by atoms with van der Waals surface area (Å²) < 4.78 is 13.0. The van der Waals surface area contributed by atoms with E-state index in [1.807, 2.05) is 18.7 Å². The van der Waals surface area contributed by atoms with Crippen LogP contribution < -0.4 is 5.32 Å². The van der Waals surface area contributed by atoms with Gasteiger partial charge in [-0.1, -0.05) is 19.1 Å². The number of nitrogens with one attached hydrogen (secondary N) is 1. The number of likely N-dealkylation sites (N-methyl/N-ethyl adjacent to an activating group) is 1.